The summed E-state index contributed by atoms with van der Waals surface area (Å²) in [5.74, 6) is -0.330. The molecule has 0 aliphatic heterocycles. The van der Waals surface area contributed by atoms with E-state index in [1.807, 2.05) is 54.6 Å². The van der Waals surface area contributed by atoms with Crippen molar-refractivity contribution in [2.24, 2.45) is 0 Å². The molecule has 1 N–H and O–H groups in total. The first-order valence-electron chi connectivity index (χ1n) is 5.86. The van der Waals surface area contributed by atoms with Crippen molar-refractivity contribution in [3.8, 4) is 5.75 Å². The molecule has 2 aromatic rings. The molecule has 19 heavy (non-hydrogen) atoms. The maximum Gasteiger partial charge on any atom is 0.328 e. The Bertz CT molecular complexity index is 600. The van der Waals surface area contributed by atoms with Crippen LogP contribution in [0.3, 0.4) is 0 Å². The summed E-state index contributed by atoms with van der Waals surface area (Å²) in [7, 11) is 1.57. The minimum atomic E-state index is -0.982. The molecule has 3 nitrogen and oxygen atoms in total. The summed E-state index contributed by atoms with van der Waals surface area (Å²) in [5.41, 5.74) is 2.23. The lowest BCUT2D eigenvalue weighted by Gasteiger charge is -2.12. The van der Waals surface area contributed by atoms with Crippen molar-refractivity contribution in [2.45, 2.75) is 0 Å². The van der Waals surface area contributed by atoms with Gasteiger partial charge >= 0.3 is 5.97 Å². The van der Waals surface area contributed by atoms with Crippen LogP contribution in [0.25, 0.3) is 5.57 Å². The van der Waals surface area contributed by atoms with Crippen LogP contribution in [0, 0.1) is 0 Å². The Morgan fingerprint density at radius 2 is 1.68 bits per heavy atom. The smallest absolute Gasteiger partial charge is 0.328 e. The Hall–Kier alpha value is -2.55. The van der Waals surface area contributed by atoms with Gasteiger partial charge in [0.05, 0.1) is 7.11 Å². The van der Waals surface area contributed by atoms with Gasteiger partial charge in [-0.1, -0.05) is 48.5 Å². The Morgan fingerprint density at radius 3 is 2.32 bits per heavy atom. The summed E-state index contributed by atoms with van der Waals surface area (Å²) >= 11 is 0. The SMILES string of the molecule is COc1ccccc1/C(=C/C(=O)O)c1ccccc1. The summed E-state index contributed by atoms with van der Waals surface area (Å²) < 4.78 is 5.30. The van der Waals surface area contributed by atoms with Crippen molar-refractivity contribution < 1.29 is 14.6 Å². The Balaban J connectivity index is 2.60. The van der Waals surface area contributed by atoms with Crippen LogP contribution in [0.4, 0.5) is 0 Å². The summed E-state index contributed by atoms with van der Waals surface area (Å²) in [5, 5.41) is 9.05. The van der Waals surface area contributed by atoms with Crippen LogP contribution in [0.5, 0.6) is 5.75 Å². The Labute approximate surface area is 111 Å². The number of carbonyl (C=O) groups is 1. The second kappa shape index (κ2) is 5.87. The van der Waals surface area contributed by atoms with Gasteiger partial charge in [-0.05, 0) is 17.2 Å². The first-order valence-corrected chi connectivity index (χ1v) is 5.86. The number of benzene rings is 2. The highest BCUT2D eigenvalue weighted by Gasteiger charge is 2.11. The molecule has 2 rings (SSSR count). The predicted octanol–water partition coefficient (Wildman–Crippen LogP) is 3.21. The van der Waals surface area contributed by atoms with E-state index in [1.54, 1.807) is 7.11 Å². The molecular weight excluding hydrogens is 240 g/mol. The number of carboxylic acid groups (broad SMARTS) is 1. The molecule has 0 saturated carbocycles. The largest absolute Gasteiger partial charge is 0.496 e. The molecule has 96 valence electrons. The monoisotopic (exact) mass is 254 g/mol. The van der Waals surface area contributed by atoms with E-state index < -0.39 is 5.97 Å². The lowest BCUT2D eigenvalue weighted by Crippen LogP contribution is -1.97. The normalized spacial score (nSPS) is 11.1. The summed E-state index contributed by atoms with van der Waals surface area (Å²) in [6.45, 7) is 0. The van der Waals surface area contributed by atoms with Crippen molar-refractivity contribution in [3.63, 3.8) is 0 Å². The number of hydrogen-bond donors (Lipinski definition) is 1. The molecule has 0 amide bonds. The molecule has 0 bridgehead atoms. The third-order valence-corrected chi connectivity index (χ3v) is 2.75. The second-order valence-corrected chi connectivity index (χ2v) is 3.96. The topological polar surface area (TPSA) is 46.5 Å². The van der Waals surface area contributed by atoms with Gasteiger partial charge in [-0.3, -0.25) is 0 Å². The molecule has 0 saturated heterocycles. The van der Waals surface area contributed by atoms with Crippen LogP contribution in [-0.4, -0.2) is 18.2 Å². The maximum absolute atomic E-state index is 11.0. The van der Waals surface area contributed by atoms with Gasteiger partial charge in [0, 0.05) is 11.6 Å². The van der Waals surface area contributed by atoms with Gasteiger partial charge in [0.25, 0.3) is 0 Å². The number of carboxylic acids is 1. The van der Waals surface area contributed by atoms with Crippen LogP contribution in [0.1, 0.15) is 11.1 Å². The molecule has 0 aliphatic rings. The van der Waals surface area contributed by atoms with Crippen molar-refractivity contribution in [3.05, 3.63) is 71.8 Å². The van der Waals surface area contributed by atoms with Gasteiger partial charge in [0.15, 0.2) is 0 Å². The van der Waals surface area contributed by atoms with E-state index in [9.17, 15) is 4.79 Å². The highest BCUT2D eigenvalue weighted by Crippen LogP contribution is 2.30. The van der Waals surface area contributed by atoms with E-state index in [1.165, 1.54) is 6.08 Å². The average molecular weight is 254 g/mol. The molecule has 2 aromatic carbocycles. The number of ether oxygens (including phenoxy) is 1. The van der Waals surface area contributed by atoms with E-state index in [4.69, 9.17) is 9.84 Å². The minimum Gasteiger partial charge on any atom is -0.496 e. The van der Waals surface area contributed by atoms with E-state index in [2.05, 4.69) is 0 Å². The molecule has 0 aliphatic carbocycles. The van der Waals surface area contributed by atoms with Gasteiger partial charge < -0.3 is 9.84 Å². The van der Waals surface area contributed by atoms with Gasteiger partial charge in [-0.15, -0.1) is 0 Å². The molecule has 0 fully saturated rings. The van der Waals surface area contributed by atoms with Crippen molar-refractivity contribution in [2.75, 3.05) is 7.11 Å². The number of methoxy groups -OCH3 is 1. The minimum absolute atomic E-state index is 0.630. The maximum atomic E-state index is 11.0. The first-order chi connectivity index (χ1) is 9.22. The molecule has 3 heteroatoms. The van der Waals surface area contributed by atoms with Crippen LogP contribution in [0.2, 0.25) is 0 Å². The fourth-order valence-corrected chi connectivity index (χ4v) is 1.92. The van der Waals surface area contributed by atoms with Crippen LogP contribution in [-0.2, 0) is 4.79 Å². The van der Waals surface area contributed by atoms with E-state index >= 15 is 0 Å². The lowest BCUT2D eigenvalue weighted by atomic mass is 9.97. The zero-order valence-electron chi connectivity index (χ0n) is 10.5. The predicted molar refractivity (Wildman–Crippen MR) is 74.2 cm³/mol. The highest BCUT2D eigenvalue weighted by atomic mass is 16.5. The van der Waals surface area contributed by atoms with E-state index in [0.29, 0.717) is 11.3 Å². The summed E-state index contributed by atoms with van der Waals surface area (Å²) in [6.07, 6.45) is 1.20. The van der Waals surface area contributed by atoms with Crippen molar-refractivity contribution in [1.29, 1.82) is 0 Å². The van der Waals surface area contributed by atoms with Gasteiger partial charge in [-0.25, -0.2) is 4.79 Å². The molecule has 0 radical (unpaired) electrons. The molecule has 0 spiro atoms. The summed E-state index contributed by atoms with van der Waals surface area (Å²) in [6, 6.07) is 16.8. The standard InChI is InChI=1S/C16H14O3/c1-19-15-10-6-5-9-13(15)14(11-16(17)18)12-7-3-2-4-8-12/h2-11H,1H3,(H,17,18)/b14-11+. The number of para-hydroxylation sites is 1. The van der Waals surface area contributed by atoms with E-state index in [0.717, 1.165) is 11.1 Å². The Morgan fingerprint density at radius 1 is 1.05 bits per heavy atom. The summed E-state index contributed by atoms with van der Waals surface area (Å²) in [4.78, 5) is 11.0. The van der Waals surface area contributed by atoms with Crippen molar-refractivity contribution in [1.82, 2.24) is 0 Å². The molecule has 0 unspecified atom stereocenters. The van der Waals surface area contributed by atoms with E-state index in [-0.39, 0.29) is 0 Å². The lowest BCUT2D eigenvalue weighted by molar-refractivity contribution is -0.131. The highest BCUT2D eigenvalue weighted by molar-refractivity contribution is 5.96. The second-order valence-electron chi connectivity index (χ2n) is 3.96. The van der Waals surface area contributed by atoms with Gasteiger partial charge in [0.2, 0.25) is 0 Å². The van der Waals surface area contributed by atoms with Crippen LogP contribution >= 0.6 is 0 Å². The fraction of sp³-hybridized carbons (Fsp3) is 0.0625. The zero-order valence-corrected chi connectivity index (χ0v) is 10.5. The number of aliphatic carboxylic acids is 1. The first kappa shape index (κ1) is 12.9. The van der Waals surface area contributed by atoms with Gasteiger partial charge in [-0.2, -0.15) is 0 Å². The van der Waals surface area contributed by atoms with Gasteiger partial charge in [0.1, 0.15) is 5.75 Å². The van der Waals surface area contributed by atoms with Crippen molar-refractivity contribution >= 4 is 11.5 Å². The molecule has 0 heterocycles. The quantitative estimate of drug-likeness (QED) is 0.852. The molecule has 0 atom stereocenters. The molecule has 0 aromatic heterocycles. The number of rotatable bonds is 4. The number of hydrogen-bond acceptors (Lipinski definition) is 2. The third kappa shape index (κ3) is 3.01. The zero-order chi connectivity index (χ0) is 13.7. The third-order valence-electron chi connectivity index (χ3n) is 2.75. The average Bonchev–Trinajstić information content (AvgIpc) is 2.45. The van der Waals surface area contributed by atoms with Crippen LogP contribution in [0.15, 0.2) is 60.7 Å². The molecular formula is C16H14O3. The fourth-order valence-electron chi connectivity index (χ4n) is 1.92. The van der Waals surface area contributed by atoms with Crippen LogP contribution < -0.4 is 4.74 Å². The Kier molecular flexibility index (Phi) is 3.98.